The van der Waals surface area contributed by atoms with Crippen molar-refractivity contribution >= 4 is 88.8 Å². The first-order chi connectivity index (χ1) is 47.0. The van der Waals surface area contributed by atoms with Crippen molar-refractivity contribution in [1.82, 2.24) is 0 Å². The molecule has 0 radical (unpaired) electrons. The van der Waals surface area contributed by atoms with E-state index in [-0.39, 0.29) is 0 Å². The summed E-state index contributed by atoms with van der Waals surface area (Å²) in [6.45, 7) is 4.39. The summed E-state index contributed by atoms with van der Waals surface area (Å²) in [5.74, 6) is 1.13. The number of rotatable bonds is 12. The first kappa shape index (κ1) is 57.0. The molecule has 18 rings (SSSR count). The maximum absolute atomic E-state index is 7.47. The Balaban J connectivity index is 0.896. The molecule has 2 aromatic heterocycles. The van der Waals surface area contributed by atoms with E-state index in [4.69, 9.17) is 8.83 Å². The van der Waals surface area contributed by atoms with Gasteiger partial charge in [0, 0.05) is 55.1 Å². The molecule has 0 atom stereocenters. The van der Waals surface area contributed by atoms with Crippen molar-refractivity contribution < 1.29 is 8.83 Å². The molecule has 2 saturated carbocycles. The fraction of sp³-hybridized carbons (Fsp3) is 0.165. The topological polar surface area (TPSA) is 32.8 Å². The largest absolute Gasteiger partial charge is 0.453 e. The Morgan fingerprint density at radius 1 is 0.295 bits per heavy atom. The fourth-order valence-corrected chi connectivity index (χ4v) is 17.3. The Morgan fingerprint density at radius 2 is 0.705 bits per heavy atom. The van der Waals surface area contributed by atoms with Crippen LogP contribution in [0.2, 0.25) is 0 Å². The molecule has 0 N–H and O–H groups in total. The van der Waals surface area contributed by atoms with E-state index in [0.717, 1.165) is 94.5 Å². The molecular weight excluding hydrogens is 1150 g/mol. The highest BCUT2D eigenvalue weighted by molar-refractivity contribution is 6.17. The molecule has 2 heterocycles. The quantitative estimate of drug-likeness (QED) is 0.122. The second kappa shape index (κ2) is 23.4. The second-order valence-corrected chi connectivity index (χ2v) is 27.1. The first-order valence-corrected chi connectivity index (χ1v) is 34.6. The maximum Gasteiger partial charge on any atom is 0.159 e. The van der Waals surface area contributed by atoms with Crippen molar-refractivity contribution in [2.75, 3.05) is 9.80 Å². The van der Waals surface area contributed by atoms with Gasteiger partial charge in [-0.05, 0) is 178 Å². The minimum atomic E-state index is -0.809. The van der Waals surface area contributed by atoms with Gasteiger partial charge in [-0.2, -0.15) is 0 Å². The minimum Gasteiger partial charge on any atom is -0.453 e. The standard InChI is InChI=1S/C91H74N2O2/c1-59-25-15-17-35-70(59)74-39-21-41-76-78-43-23-45-83(89(78)94-87(74)76)92(67-51-47-63(48-52-67)61-27-7-3-8-28-61)69-55-56-80-81(57-69)91(65-31-11-5-12-32-65,66-33-13-6-14-34-66)82-58-85(72-37-19-20-38-73(72)86(80)82)93(68-53-49-64(50-54-68)62-29-9-4-10-30-62)84-46-24-44-79-77-42-22-40-75(88(77)95-90(79)84)71-36-18-16-26-60(71)2/h5-6,11-26,31-58,61-62H,3-4,7-10,27-30H2,1-2H3. The average Bonchev–Trinajstić information content (AvgIpc) is 1.53. The van der Waals surface area contributed by atoms with Crippen molar-refractivity contribution in [1.29, 1.82) is 0 Å². The number of hydrogen-bond donors (Lipinski definition) is 0. The molecule has 13 aromatic carbocycles. The predicted octanol–water partition coefficient (Wildman–Crippen LogP) is 26.0. The number of aryl methyl sites for hydroxylation is 2. The van der Waals surface area contributed by atoms with E-state index >= 15 is 0 Å². The summed E-state index contributed by atoms with van der Waals surface area (Å²) in [5.41, 5.74) is 26.1. The van der Waals surface area contributed by atoms with Crippen LogP contribution in [0.5, 0.6) is 0 Å². The van der Waals surface area contributed by atoms with Gasteiger partial charge in [-0.3, -0.25) is 0 Å². The number of nitrogens with zero attached hydrogens (tertiary/aromatic N) is 2. The molecule has 460 valence electrons. The summed E-state index contributed by atoms with van der Waals surface area (Å²) in [6, 6.07) is 105. The van der Waals surface area contributed by atoms with Gasteiger partial charge in [0.05, 0.1) is 22.5 Å². The first-order valence-electron chi connectivity index (χ1n) is 34.6. The van der Waals surface area contributed by atoms with Crippen LogP contribution < -0.4 is 9.80 Å². The number of anilines is 6. The van der Waals surface area contributed by atoms with Gasteiger partial charge in [-0.25, -0.2) is 0 Å². The van der Waals surface area contributed by atoms with Gasteiger partial charge in [0.25, 0.3) is 0 Å². The number of para-hydroxylation sites is 4. The van der Waals surface area contributed by atoms with Crippen LogP contribution in [0.1, 0.15) is 121 Å². The van der Waals surface area contributed by atoms with E-state index < -0.39 is 5.41 Å². The van der Waals surface area contributed by atoms with E-state index in [9.17, 15) is 0 Å². The van der Waals surface area contributed by atoms with Crippen molar-refractivity contribution in [3.05, 3.63) is 324 Å². The van der Waals surface area contributed by atoms with Gasteiger partial charge in [-0.15, -0.1) is 0 Å². The monoisotopic (exact) mass is 1230 g/mol. The van der Waals surface area contributed by atoms with E-state index in [1.807, 2.05) is 0 Å². The van der Waals surface area contributed by atoms with Crippen molar-refractivity contribution in [3.8, 4) is 33.4 Å². The molecule has 2 fully saturated rings. The molecule has 0 amide bonds. The fourth-order valence-electron chi connectivity index (χ4n) is 17.3. The molecular formula is C91H74N2O2. The lowest BCUT2D eigenvalue weighted by Gasteiger charge is -2.36. The zero-order valence-electron chi connectivity index (χ0n) is 54.0. The molecule has 0 aliphatic heterocycles. The van der Waals surface area contributed by atoms with E-state index in [2.05, 4.69) is 303 Å². The van der Waals surface area contributed by atoms with Gasteiger partial charge in [-0.1, -0.05) is 263 Å². The zero-order valence-corrected chi connectivity index (χ0v) is 54.0. The van der Waals surface area contributed by atoms with Gasteiger partial charge in [0.15, 0.2) is 11.2 Å². The minimum absolute atomic E-state index is 0.562. The Hall–Kier alpha value is -10.7. The van der Waals surface area contributed by atoms with Crippen LogP contribution in [-0.2, 0) is 5.41 Å². The van der Waals surface area contributed by atoms with Gasteiger partial charge in [0.2, 0.25) is 0 Å². The number of furan rings is 2. The summed E-state index contributed by atoms with van der Waals surface area (Å²) in [4.78, 5) is 5.01. The molecule has 4 nitrogen and oxygen atoms in total. The third kappa shape index (κ3) is 9.31. The van der Waals surface area contributed by atoms with Crippen LogP contribution in [0.4, 0.5) is 34.1 Å². The van der Waals surface area contributed by atoms with Gasteiger partial charge >= 0.3 is 0 Å². The van der Waals surface area contributed by atoms with Crippen LogP contribution in [0.3, 0.4) is 0 Å². The third-order valence-corrected chi connectivity index (χ3v) is 21.8. The van der Waals surface area contributed by atoms with Crippen LogP contribution in [0.15, 0.2) is 288 Å². The van der Waals surface area contributed by atoms with Gasteiger partial charge in [0.1, 0.15) is 11.2 Å². The van der Waals surface area contributed by atoms with Crippen molar-refractivity contribution in [2.24, 2.45) is 0 Å². The molecule has 0 saturated heterocycles. The molecule has 3 aliphatic carbocycles. The summed E-state index contributed by atoms with van der Waals surface area (Å²) in [5, 5.41) is 6.73. The van der Waals surface area contributed by atoms with Gasteiger partial charge < -0.3 is 18.6 Å². The summed E-state index contributed by atoms with van der Waals surface area (Å²) in [6.07, 6.45) is 12.7. The zero-order chi connectivity index (χ0) is 63.1. The highest BCUT2D eigenvalue weighted by atomic mass is 16.3. The van der Waals surface area contributed by atoms with E-state index in [1.54, 1.807) is 0 Å². The third-order valence-electron chi connectivity index (χ3n) is 21.8. The molecule has 4 heteroatoms. The molecule has 95 heavy (non-hydrogen) atoms. The van der Waals surface area contributed by atoms with Crippen LogP contribution in [0, 0.1) is 13.8 Å². The normalized spacial score (nSPS) is 14.8. The maximum atomic E-state index is 7.47. The number of benzene rings is 13. The number of fused-ring (bicyclic) bond motifs is 11. The molecule has 0 unspecified atom stereocenters. The van der Waals surface area contributed by atoms with Crippen LogP contribution >= 0.6 is 0 Å². The second-order valence-electron chi connectivity index (χ2n) is 27.1. The Morgan fingerprint density at radius 3 is 1.22 bits per heavy atom. The predicted molar refractivity (Wildman–Crippen MR) is 397 cm³/mol. The lowest BCUT2D eigenvalue weighted by Crippen LogP contribution is -2.29. The number of hydrogen-bond acceptors (Lipinski definition) is 4. The smallest absolute Gasteiger partial charge is 0.159 e. The van der Waals surface area contributed by atoms with Crippen molar-refractivity contribution in [3.63, 3.8) is 0 Å². The molecule has 3 aliphatic rings. The highest BCUT2D eigenvalue weighted by Crippen LogP contribution is 2.62. The molecule has 0 bridgehead atoms. The molecule has 0 spiro atoms. The summed E-state index contributed by atoms with van der Waals surface area (Å²) < 4.78 is 14.9. The lowest BCUT2D eigenvalue weighted by molar-refractivity contribution is 0.443. The average molecular weight is 1230 g/mol. The van der Waals surface area contributed by atoms with Crippen molar-refractivity contribution in [2.45, 2.75) is 95.3 Å². The van der Waals surface area contributed by atoms with E-state index in [1.165, 1.54) is 136 Å². The van der Waals surface area contributed by atoms with Crippen LogP contribution in [0.25, 0.3) is 88.0 Å². The molecule has 15 aromatic rings. The Labute approximate surface area is 556 Å². The Bertz CT molecular complexity index is 5370. The van der Waals surface area contributed by atoms with Crippen LogP contribution in [-0.4, -0.2) is 0 Å². The van der Waals surface area contributed by atoms with E-state index in [0.29, 0.717) is 11.8 Å². The highest BCUT2D eigenvalue weighted by Gasteiger charge is 2.48. The summed E-state index contributed by atoms with van der Waals surface area (Å²) >= 11 is 0. The Kier molecular flexibility index (Phi) is 14.0. The lowest BCUT2D eigenvalue weighted by atomic mass is 9.67. The summed E-state index contributed by atoms with van der Waals surface area (Å²) in [7, 11) is 0. The SMILES string of the molecule is Cc1ccccc1-c1cccc2c1oc1c(N(c3ccc(C4CCCCC4)cc3)c3ccc4c(c3)C(c3ccccc3)(c3ccccc3)c3cc(N(c5ccc(C6CCCCC6)cc5)c5cccc6c5oc5c(-c7ccccc7C)cccc56)c5ccccc5c3-4)cccc12.